The number of hydrogen-bond acceptors (Lipinski definition) is 6. The molecule has 0 heterocycles. The molecule has 1 unspecified atom stereocenters. The summed E-state index contributed by atoms with van der Waals surface area (Å²) in [7, 11) is 0. The van der Waals surface area contributed by atoms with Gasteiger partial charge < -0.3 is 14.2 Å². The van der Waals surface area contributed by atoms with Gasteiger partial charge in [0.15, 0.2) is 6.10 Å². The molecular weight excluding hydrogens is 865 g/mol. The molecule has 0 radical (unpaired) electrons. The second-order valence-corrected chi connectivity index (χ2v) is 18.8. The zero-order chi connectivity index (χ0) is 50.7. The molecule has 6 heteroatoms. The molecule has 0 fully saturated rings. The van der Waals surface area contributed by atoms with Gasteiger partial charge in [-0.1, -0.05) is 246 Å². The molecule has 1 atom stereocenters. The number of unbranched alkanes of at least 4 members (excludes halogenated alkanes) is 22. The SMILES string of the molecule is CC/C=C\C/C=C\C/C=C\C/C=C\C/C=C\CCCCCCCCCC(=O)OCC(COC(=O)CCCCCCCC)OC(=O)CCCCCCCCCCCC/C=C\C/C=C\C/C=C\C/C=C\CC. The Labute approximate surface area is 431 Å². The van der Waals surface area contributed by atoms with E-state index in [4.69, 9.17) is 14.2 Å². The normalized spacial score (nSPS) is 12.9. The second-order valence-electron chi connectivity index (χ2n) is 18.8. The van der Waals surface area contributed by atoms with Crippen molar-refractivity contribution in [2.45, 2.75) is 264 Å². The topological polar surface area (TPSA) is 78.9 Å². The van der Waals surface area contributed by atoms with Gasteiger partial charge in [0.05, 0.1) is 0 Å². The van der Waals surface area contributed by atoms with E-state index in [9.17, 15) is 14.4 Å². The number of carbonyl (C=O) groups is 3. The number of rotatable bonds is 51. The highest BCUT2D eigenvalue weighted by Crippen LogP contribution is 2.15. The Balaban J connectivity index is 4.19. The highest BCUT2D eigenvalue weighted by Gasteiger charge is 2.19. The highest BCUT2D eigenvalue weighted by atomic mass is 16.6. The smallest absolute Gasteiger partial charge is 0.306 e. The monoisotopic (exact) mass is 971 g/mol. The number of esters is 3. The first kappa shape index (κ1) is 66.1. The molecule has 0 aromatic rings. The van der Waals surface area contributed by atoms with Crippen LogP contribution in [-0.2, 0) is 28.6 Å². The zero-order valence-electron chi connectivity index (χ0n) is 45.5. The lowest BCUT2D eigenvalue weighted by molar-refractivity contribution is -0.167. The lowest BCUT2D eigenvalue weighted by Gasteiger charge is -2.18. The van der Waals surface area contributed by atoms with E-state index in [1.54, 1.807) is 0 Å². The van der Waals surface area contributed by atoms with Crippen molar-refractivity contribution in [1.29, 1.82) is 0 Å². The minimum atomic E-state index is -0.784. The summed E-state index contributed by atoms with van der Waals surface area (Å²) in [4.78, 5) is 37.9. The average Bonchev–Trinajstić information content (AvgIpc) is 3.36. The van der Waals surface area contributed by atoms with Crippen LogP contribution in [0.2, 0.25) is 0 Å². The van der Waals surface area contributed by atoms with E-state index in [-0.39, 0.29) is 31.1 Å². The molecule has 0 aliphatic heterocycles. The van der Waals surface area contributed by atoms with Crippen molar-refractivity contribution in [3.05, 3.63) is 109 Å². The Bertz CT molecular complexity index is 1440. The summed E-state index contributed by atoms with van der Waals surface area (Å²) in [6.45, 7) is 6.34. The lowest BCUT2D eigenvalue weighted by atomic mass is 10.0. The van der Waals surface area contributed by atoms with Crippen LogP contribution in [0.15, 0.2) is 109 Å². The van der Waals surface area contributed by atoms with Crippen LogP contribution in [0.4, 0.5) is 0 Å². The predicted molar refractivity (Wildman–Crippen MR) is 302 cm³/mol. The standard InChI is InChI=1S/C64H106O6/c1-4-7-10-13-16-18-20-22-24-26-28-30-32-34-36-38-40-42-44-46-48-51-54-57-63(66)69-60-61(59-68-62(65)56-53-50-15-12-9-6-3)70-64(67)58-55-52-49-47-45-43-41-39-37-35-33-31-29-27-25-23-21-19-17-14-11-8-5-2/h7-8,10-11,16-19,22-25,28-31,34,36,61H,4-6,9,12-15,20-21,26-27,32-33,35,37-60H2,1-3H3/b10-7-,11-8-,18-16-,19-17-,24-22-,25-23-,30-28-,31-29-,36-34-. The number of allylic oxidation sites excluding steroid dienone is 18. The molecule has 0 aromatic heterocycles. The maximum absolute atomic E-state index is 12.8. The third kappa shape index (κ3) is 55.0. The van der Waals surface area contributed by atoms with Gasteiger partial charge in [0.25, 0.3) is 0 Å². The van der Waals surface area contributed by atoms with Gasteiger partial charge in [-0.05, 0) is 103 Å². The lowest BCUT2D eigenvalue weighted by Crippen LogP contribution is -2.30. The van der Waals surface area contributed by atoms with Gasteiger partial charge in [-0.25, -0.2) is 0 Å². The Morgan fingerprint density at radius 3 is 0.871 bits per heavy atom. The number of carbonyl (C=O) groups excluding carboxylic acids is 3. The van der Waals surface area contributed by atoms with Crippen LogP contribution >= 0.6 is 0 Å². The number of hydrogen-bond donors (Lipinski definition) is 0. The Morgan fingerprint density at radius 2 is 0.557 bits per heavy atom. The van der Waals surface area contributed by atoms with Crippen molar-refractivity contribution < 1.29 is 28.6 Å². The fourth-order valence-electron chi connectivity index (χ4n) is 7.75. The molecule has 70 heavy (non-hydrogen) atoms. The maximum Gasteiger partial charge on any atom is 0.306 e. The molecule has 398 valence electrons. The summed E-state index contributed by atoms with van der Waals surface area (Å²) >= 11 is 0. The maximum atomic E-state index is 12.8. The Morgan fingerprint density at radius 1 is 0.300 bits per heavy atom. The van der Waals surface area contributed by atoms with E-state index in [1.165, 1.54) is 96.3 Å². The van der Waals surface area contributed by atoms with E-state index < -0.39 is 6.10 Å². The van der Waals surface area contributed by atoms with E-state index in [1.807, 2.05) is 0 Å². The molecule has 6 nitrogen and oxygen atoms in total. The predicted octanol–water partition coefficient (Wildman–Crippen LogP) is 19.5. The van der Waals surface area contributed by atoms with Gasteiger partial charge in [0, 0.05) is 19.3 Å². The van der Waals surface area contributed by atoms with E-state index in [0.717, 1.165) is 122 Å². The first-order chi connectivity index (χ1) is 34.5. The third-order valence-electron chi connectivity index (χ3n) is 12.0. The Hall–Kier alpha value is -3.93. The molecule has 0 rings (SSSR count). The van der Waals surface area contributed by atoms with Crippen LogP contribution in [0, 0.1) is 0 Å². The van der Waals surface area contributed by atoms with Crippen molar-refractivity contribution in [2.75, 3.05) is 13.2 Å². The van der Waals surface area contributed by atoms with Crippen LogP contribution in [0.1, 0.15) is 258 Å². The molecular formula is C64H106O6. The summed E-state index contributed by atoms with van der Waals surface area (Å²) in [5, 5.41) is 0. The molecule has 0 aliphatic carbocycles. The van der Waals surface area contributed by atoms with Crippen molar-refractivity contribution in [3.8, 4) is 0 Å². The van der Waals surface area contributed by atoms with Gasteiger partial charge in [-0.3, -0.25) is 14.4 Å². The van der Waals surface area contributed by atoms with Crippen LogP contribution in [-0.4, -0.2) is 37.2 Å². The summed E-state index contributed by atoms with van der Waals surface area (Å²) in [6.07, 6.45) is 78.2. The van der Waals surface area contributed by atoms with Crippen LogP contribution in [0.5, 0.6) is 0 Å². The molecule has 0 bridgehead atoms. The van der Waals surface area contributed by atoms with Crippen LogP contribution in [0.25, 0.3) is 0 Å². The van der Waals surface area contributed by atoms with Gasteiger partial charge >= 0.3 is 17.9 Å². The summed E-state index contributed by atoms with van der Waals surface area (Å²) in [5.41, 5.74) is 0. The van der Waals surface area contributed by atoms with Gasteiger partial charge in [-0.2, -0.15) is 0 Å². The molecule has 0 aromatic carbocycles. The third-order valence-corrected chi connectivity index (χ3v) is 12.0. The fraction of sp³-hybridized carbons (Fsp3) is 0.672. The van der Waals surface area contributed by atoms with E-state index in [2.05, 4.69) is 130 Å². The quantitative estimate of drug-likeness (QED) is 0.0262. The van der Waals surface area contributed by atoms with Gasteiger partial charge in [-0.15, -0.1) is 0 Å². The molecule has 0 amide bonds. The minimum Gasteiger partial charge on any atom is -0.462 e. The van der Waals surface area contributed by atoms with Gasteiger partial charge in [0.1, 0.15) is 13.2 Å². The van der Waals surface area contributed by atoms with E-state index in [0.29, 0.717) is 19.3 Å². The summed E-state index contributed by atoms with van der Waals surface area (Å²) in [5.74, 6) is -0.909. The average molecular weight is 972 g/mol. The van der Waals surface area contributed by atoms with E-state index >= 15 is 0 Å². The first-order valence-electron chi connectivity index (χ1n) is 28.9. The fourth-order valence-corrected chi connectivity index (χ4v) is 7.75. The van der Waals surface area contributed by atoms with Crippen LogP contribution < -0.4 is 0 Å². The number of ether oxygens (including phenoxy) is 3. The molecule has 0 aliphatic rings. The summed E-state index contributed by atoms with van der Waals surface area (Å²) < 4.78 is 16.8. The first-order valence-corrected chi connectivity index (χ1v) is 28.9. The second kappa shape index (κ2) is 57.6. The van der Waals surface area contributed by atoms with Crippen LogP contribution in [0.3, 0.4) is 0 Å². The van der Waals surface area contributed by atoms with Crippen molar-refractivity contribution >= 4 is 17.9 Å². The molecule has 0 saturated heterocycles. The zero-order valence-corrected chi connectivity index (χ0v) is 45.5. The minimum absolute atomic E-state index is 0.0841. The highest BCUT2D eigenvalue weighted by molar-refractivity contribution is 5.71. The largest absolute Gasteiger partial charge is 0.462 e. The van der Waals surface area contributed by atoms with Crippen molar-refractivity contribution in [3.63, 3.8) is 0 Å². The van der Waals surface area contributed by atoms with Crippen molar-refractivity contribution in [2.24, 2.45) is 0 Å². The molecule has 0 N–H and O–H groups in total. The molecule has 0 saturated carbocycles. The molecule has 0 spiro atoms. The van der Waals surface area contributed by atoms with Gasteiger partial charge in [0.2, 0.25) is 0 Å². The van der Waals surface area contributed by atoms with Crippen molar-refractivity contribution in [1.82, 2.24) is 0 Å². The Kier molecular flexibility index (Phi) is 54.4. The summed E-state index contributed by atoms with van der Waals surface area (Å²) in [6, 6.07) is 0.